The molecular weight excluding hydrogens is 1060 g/mol. The molecule has 0 N–H and O–H groups in total. The SMILES string of the molecule is CC1=C(C)C(C)(C)C(C)(C)N(C)C1.CC1=CN(C)C(C)(C)C(C)(C)C1(C)C.[I][V]([I])[I].[I][V][I]. The Bertz CT molecular complexity index is 711. The van der Waals surface area contributed by atoms with Crippen molar-refractivity contribution in [1.82, 2.24) is 9.80 Å². The maximum absolute atomic E-state index is 2.46. The Morgan fingerprint density at radius 1 is 0.765 bits per heavy atom. The predicted octanol–water partition coefficient (Wildman–Crippen LogP) is 11.2. The summed E-state index contributed by atoms with van der Waals surface area (Å²) in [6.45, 7) is 31.4. The van der Waals surface area contributed by atoms with Crippen LogP contribution in [0.15, 0.2) is 22.9 Å². The normalized spacial score (nSPS) is 23.9. The van der Waals surface area contributed by atoms with E-state index in [1.807, 2.05) is 0 Å². The molecule has 0 aromatic rings. The second-order valence-corrected chi connectivity index (χ2v) is 59.1. The summed E-state index contributed by atoms with van der Waals surface area (Å²) in [6, 6.07) is 0. The molecule has 0 spiro atoms. The van der Waals surface area contributed by atoms with Crippen molar-refractivity contribution in [2.24, 2.45) is 16.2 Å². The van der Waals surface area contributed by atoms with Crippen LogP contribution in [0.25, 0.3) is 0 Å². The van der Waals surface area contributed by atoms with Crippen LogP contribution in [0.1, 0.15) is 90.0 Å². The summed E-state index contributed by atoms with van der Waals surface area (Å²) in [4.78, 5) is 4.53. The van der Waals surface area contributed by atoms with E-state index in [9.17, 15) is 0 Å². The predicted molar refractivity (Wildman–Crippen MR) is 192 cm³/mol. The van der Waals surface area contributed by atoms with E-state index in [2.05, 4.69) is 220 Å². The summed E-state index contributed by atoms with van der Waals surface area (Å²) in [5, 5.41) is 0. The second-order valence-electron chi connectivity index (χ2n) is 11.9. The van der Waals surface area contributed by atoms with Crippen molar-refractivity contribution in [3.8, 4) is 0 Å². The van der Waals surface area contributed by atoms with Gasteiger partial charge < -0.3 is 4.90 Å². The summed E-state index contributed by atoms with van der Waals surface area (Å²) in [5.74, 6) is 0. The van der Waals surface area contributed by atoms with Gasteiger partial charge in [-0.2, -0.15) is 0 Å². The van der Waals surface area contributed by atoms with Crippen molar-refractivity contribution in [2.45, 2.75) is 101 Å². The Balaban J connectivity index is 0. The van der Waals surface area contributed by atoms with Gasteiger partial charge in [0.2, 0.25) is 0 Å². The first kappa shape index (κ1) is 40.2. The van der Waals surface area contributed by atoms with E-state index in [0.29, 0.717) is 9.47 Å². The number of rotatable bonds is 0. The third-order valence-corrected chi connectivity index (χ3v) is 9.88. The average Bonchev–Trinajstić information content (AvgIpc) is 2.65. The standard InChI is InChI=1S/C13H25N.C12H23N.5HI.2V/c1-10-9-14(8)13(6,7)12(4,5)11(10,2)3;1-9-8-13(7)12(5,6)11(3,4)10(9)2;;;;;;;/h9H,1-8H3;8H2,1-7H3;5*1H;;/q;;;;;;;+2;+3/p-5. The molecule has 2 aliphatic heterocycles. The molecular formula is C25H48I5N2V2. The van der Waals surface area contributed by atoms with Crippen LogP contribution in [0.2, 0.25) is 0 Å². The van der Waals surface area contributed by atoms with Gasteiger partial charge in [0, 0.05) is 30.1 Å². The molecule has 0 aromatic heterocycles. The van der Waals surface area contributed by atoms with Gasteiger partial charge in [0.15, 0.2) is 0 Å². The third-order valence-electron chi connectivity index (χ3n) is 9.88. The van der Waals surface area contributed by atoms with Crippen LogP contribution < -0.4 is 0 Å². The molecule has 34 heavy (non-hydrogen) atoms. The first-order chi connectivity index (χ1) is 14.9. The van der Waals surface area contributed by atoms with E-state index in [0.717, 1.165) is 6.54 Å². The van der Waals surface area contributed by atoms with Gasteiger partial charge in [0.05, 0.1) is 0 Å². The maximum atomic E-state index is 2.46. The first-order valence-electron chi connectivity index (χ1n) is 11.4. The summed E-state index contributed by atoms with van der Waals surface area (Å²) in [6.07, 6.45) is 2.30. The summed E-state index contributed by atoms with van der Waals surface area (Å²) in [5.41, 5.74) is 5.86. The molecule has 0 saturated carbocycles. The third kappa shape index (κ3) is 9.86. The van der Waals surface area contributed by atoms with Gasteiger partial charge in [-0.15, -0.1) is 0 Å². The van der Waals surface area contributed by atoms with Crippen LogP contribution in [-0.4, -0.2) is 41.5 Å². The summed E-state index contributed by atoms with van der Waals surface area (Å²) < 4.78 is 0. The Morgan fingerprint density at radius 3 is 1.47 bits per heavy atom. The number of allylic oxidation sites excluding steroid dienone is 1. The van der Waals surface area contributed by atoms with E-state index < -0.39 is 0 Å². The van der Waals surface area contributed by atoms with Crippen molar-refractivity contribution in [3.63, 3.8) is 0 Å². The minimum absolute atomic E-state index is 0.204. The molecule has 0 unspecified atom stereocenters. The molecule has 0 amide bonds. The molecule has 2 nitrogen and oxygen atoms in total. The van der Waals surface area contributed by atoms with Crippen molar-refractivity contribution < 1.29 is 14.4 Å². The van der Waals surface area contributed by atoms with Crippen LogP contribution in [0.5, 0.6) is 0 Å². The summed E-state index contributed by atoms with van der Waals surface area (Å²) >= 11 is 12.1. The fourth-order valence-corrected chi connectivity index (χ4v) is 4.45. The number of halogens is 5. The fraction of sp³-hybridized carbons (Fsp3) is 0.840. The van der Waals surface area contributed by atoms with Gasteiger partial charge in [-0.25, -0.2) is 0 Å². The molecule has 0 aliphatic carbocycles. The molecule has 0 saturated heterocycles. The average molecular weight is 1110 g/mol. The zero-order chi connectivity index (χ0) is 28.1. The van der Waals surface area contributed by atoms with Crippen LogP contribution in [-0.2, 0) is 14.4 Å². The second kappa shape index (κ2) is 15.9. The van der Waals surface area contributed by atoms with E-state index >= 15 is 0 Å². The van der Waals surface area contributed by atoms with E-state index in [4.69, 9.17) is 0 Å². The Hall–Kier alpha value is 4.06. The molecule has 9 heteroatoms. The zero-order valence-corrected chi connectivity index (χ0v) is 37.5. The van der Waals surface area contributed by atoms with Gasteiger partial charge in [-0.1, -0.05) is 58.3 Å². The molecule has 0 aromatic carbocycles. The number of nitrogens with zero attached hydrogens (tertiary/aromatic N) is 2. The minimum atomic E-state index is -0.278. The van der Waals surface area contributed by atoms with Crippen molar-refractivity contribution in [3.05, 3.63) is 22.9 Å². The topological polar surface area (TPSA) is 6.48 Å². The van der Waals surface area contributed by atoms with Crippen LogP contribution in [0, 0.1) is 16.2 Å². The Kier molecular flexibility index (Phi) is 18.8. The Morgan fingerprint density at radius 2 is 1.12 bits per heavy atom. The first-order valence-corrected chi connectivity index (χ1v) is 33.9. The Labute approximate surface area is 280 Å². The van der Waals surface area contributed by atoms with Crippen LogP contribution in [0.3, 0.4) is 0 Å². The molecule has 2 aliphatic rings. The van der Waals surface area contributed by atoms with Gasteiger partial charge in [0.25, 0.3) is 0 Å². The van der Waals surface area contributed by atoms with Crippen LogP contribution >= 0.6 is 99.9 Å². The molecule has 0 radical (unpaired) electrons. The van der Waals surface area contributed by atoms with E-state index in [-0.39, 0.29) is 32.2 Å². The fourth-order valence-electron chi connectivity index (χ4n) is 4.45. The van der Waals surface area contributed by atoms with Gasteiger partial charge >= 0.3 is 114 Å². The quantitative estimate of drug-likeness (QED) is 0.176. The van der Waals surface area contributed by atoms with E-state index in [1.165, 1.54) is 11.1 Å². The molecule has 2 heterocycles. The van der Waals surface area contributed by atoms with Crippen molar-refractivity contribution in [1.29, 1.82) is 0 Å². The van der Waals surface area contributed by atoms with Crippen molar-refractivity contribution in [2.75, 3.05) is 20.6 Å². The molecule has 2 rings (SSSR count). The van der Waals surface area contributed by atoms with Gasteiger partial charge in [-0.3, -0.25) is 4.90 Å². The van der Waals surface area contributed by atoms with Crippen molar-refractivity contribution >= 4 is 99.9 Å². The molecule has 0 fully saturated rings. The van der Waals surface area contributed by atoms with Gasteiger partial charge in [0.1, 0.15) is 0 Å². The number of hydrogen-bond acceptors (Lipinski definition) is 2. The number of likely N-dealkylation sites (N-methyl/N-ethyl adjacent to an activating group) is 1. The van der Waals surface area contributed by atoms with E-state index in [1.54, 1.807) is 5.57 Å². The molecule has 0 atom stereocenters. The zero-order valence-electron chi connectivity index (χ0n) is 24.0. The molecule has 0 bridgehead atoms. The van der Waals surface area contributed by atoms with Gasteiger partial charge in [-0.05, 0) is 72.5 Å². The number of hydrogen-bond donors (Lipinski definition) is 0. The monoisotopic (exact) mass is 1110 g/mol. The summed E-state index contributed by atoms with van der Waals surface area (Å²) in [7, 11) is 5.03. The molecule has 203 valence electrons. The van der Waals surface area contributed by atoms with Crippen LogP contribution in [0.4, 0.5) is 0 Å².